The van der Waals surface area contributed by atoms with Crippen LogP contribution in [0.15, 0.2) is 64.5 Å². The number of fused-ring (bicyclic) bond motifs is 3. The van der Waals surface area contributed by atoms with Gasteiger partial charge in [0.05, 0.1) is 3.79 Å². The van der Waals surface area contributed by atoms with Crippen LogP contribution in [0.25, 0.3) is 11.1 Å². The van der Waals surface area contributed by atoms with Crippen LogP contribution in [-0.4, -0.2) is 29.8 Å². The summed E-state index contributed by atoms with van der Waals surface area (Å²) in [5, 5.41) is 11.9. The lowest BCUT2D eigenvalue weighted by Crippen LogP contribution is -2.42. The Kier molecular flexibility index (Phi) is 5.69. The highest BCUT2D eigenvalue weighted by Crippen LogP contribution is 2.44. The summed E-state index contributed by atoms with van der Waals surface area (Å²) in [6.07, 6.45) is -0.523. The van der Waals surface area contributed by atoms with Crippen molar-refractivity contribution in [2.45, 2.75) is 18.4 Å². The van der Waals surface area contributed by atoms with E-state index in [-0.39, 0.29) is 18.9 Å². The number of benzene rings is 2. The third-order valence-electron chi connectivity index (χ3n) is 4.97. The number of rotatable bonds is 6. The van der Waals surface area contributed by atoms with Gasteiger partial charge < -0.3 is 15.2 Å². The van der Waals surface area contributed by atoms with Crippen molar-refractivity contribution in [1.82, 2.24) is 5.32 Å². The van der Waals surface area contributed by atoms with Crippen LogP contribution in [0.2, 0.25) is 0 Å². The third kappa shape index (κ3) is 4.21. The number of amides is 1. The van der Waals surface area contributed by atoms with Crippen molar-refractivity contribution in [2.75, 3.05) is 6.61 Å². The van der Waals surface area contributed by atoms with Gasteiger partial charge in [-0.25, -0.2) is 9.59 Å². The predicted octanol–water partition coefficient (Wildman–Crippen LogP) is 5.05. The number of thiophene rings is 1. The highest BCUT2D eigenvalue weighted by atomic mass is 79.9. The number of carbonyl (C=O) groups excluding carboxylic acids is 1. The Labute approximate surface area is 180 Å². The zero-order chi connectivity index (χ0) is 20.4. The van der Waals surface area contributed by atoms with E-state index < -0.39 is 18.1 Å². The molecule has 2 N–H and O–H groups in total. The van der Waals surface area contributed by atoms with Crippen molar-refractivity contribution >= 4 is 39.3 Å². The molecule has 0 saturated carbocycles. The Morgan fingerprint density at radius 2 is 1.66 bits per heavy atom. The molecule has 1 aliphatic carbocycles. The molecule has 0 radical (unpaired) electrons. The molecule has 1 aliphatic rings. The van der Waals surface area contributed by atoms with E-state index in [1.165, 1.54) is 11.3 Å². The summed E-state index contributed by atoms with van der Waals surface area (Å²) in [5.41, 5.74) is 4.51. The normalized spacial score (nSPS) is 13.4. The number of hydrogen-bond donors (Lipinski definition) is 2. The molecule has 3 aromatic rings. The molecule has 1 aromatic heterocycles. The van der Waals surface area contributed by atoms with Crippen molar-refractivity contribution in [3.05, 3.63) is 80.5 Å². The van der Waals surface area contributed by atoms with Crippen LogP contribution in [0, 0.1) is 0 Å². The molecule has 1 heterocycles. The van der Waals surface area contributed by atoms with Crippen molar-refractivity contribution in [3.63, 3.8) is 0 Å². The lowest BCUT2D eigenvalue weighted by Gasteiger charge is -2.17. The standard InChI is InChI=1S/C22H18BrNO4S/c23-20-10-9-13(29-20)11-19(21(25)26)24-22(27)28-12-18-16-7-3-1-5-14(16)15-6-2-4-8-17(15)18/h1-10,18-19H,11-12H2,(H,24,27)(H,25,26)/t19-/m1/s1. The molecule has 0 saturated heterocycles. The van der Waals surface area contributed by atoms with Crippen LogP contribution >= 0.6 is 27.3 Å². The van der Waals surface area contributed by atoms with Gasteiger partial charge in [-0.2, -0.15) is 0 Å². The molecule has 1 atom stereocenters. The lowest BCUT2D eigenvalue weighted by molar-refractivity contribution is -0.139. The number of aliphatic carboxylic acids is 1. The molecule has 0 spiro atoms. The van der Waals surface area contributed by atoms with Gasteiger partial charge in [0, 0.05) is 17.2 Å². The van der Waals surface area contributed by atoms with Gasteiger partial charge in [0.15, 0.2) is 0 Å². The highest BCUT2D eigenvalue weighted by Gasteiger charge is 2.29. The summed E-state index contributed by atoms with van der Waals surface area (Å²) in [7, 11) is 0. The topological polar surface area (TPSA) is 75.6 Å². The summed E-state index contributed by atoms with van der Waals surface area (Å²) in [6.45, 7) is 0.150. The average Bonchev–Trinajstić information content (AvgIpc) is 3.27. The van der Waals surface area contributed by atoms with Gasteiger partial charge in [-0.3, -0.25) is 0 Å². The summed E-state index contributed by atoms with van der Waals surface area (Å²) in [4.78, 5) is 24.8. The molecular weight excluding hydrogens is 454 g/mol. The minimum Gasteiger partial charge on any atom is -0.480 e. The Bertz CT molecular complexity index is 1020. The third-order valence-corrected chi connectivity index (χ3v) is 6.61. The van der Waals surface area contributed by atoms with Gasteiger partial charge >= 0.3 is 12.1 Å². The lowest BCUT2D eigenvalue weighted by atomic mass is 9.98. The number of carboxylic acid groups (broad SMARTS) is 1. The number of alkyl carbamates (subject to hydrolysis) is 1. The summed E-state index contributed by atoms with van der Waals surface area (Å²) < 4.78 is 6.36. The van der Waals surface area contributed by atoms with Gasteiger partial charge in [-0.15, -0.1) is 11.3 Å². The van der Waals surface area contributed by atoms with Crippen LogP contribution in [0.4, 0.5) is 4.79 Å². The summed E-state index contributed by atoms with van der Waals surface area (Å²) >= 11 is 4.80. The Morgan fingerprint density at radius 3 is 2.21 bits per heavy atom. The molecule has 29 heavy (non-hydrogen) atoms. The van der Waals surface area contributed by atoms with Gasteiger partial charge in [-0.1, -0.05) is 48.5 Å². The van der Waals surface area contributed by atoms with Gasteiger partial charge in [0.2, 0.25) is 0 Å². The molecule has 148 valence electrons. The summed E-state index contributed by atoms with van der Waals surface area (Å²) in [6, 6.07) is 18.8. The van der Waals surface area contributed by atoms with Crippen LogP contribution in [0.1, 0.15) is 21.9 Å². The maximum atomic E-state index is 12.3. The minimum atomic E-state index is -1.09. The first-order valence-corrected chi connectivity index (χ1v) is 10.7. The number of carboxylic acids is 1. The Morgan fingerprint density at radius 1 is 1.03 bits per heavy atom. The number of hydrogen-bond acceptors (Lipinski definition) is 4. The Hall–Kier alpha value is -2.64. The second-order valence-electron chi connectivity index (χ2n) is 6.77. The van der Waals surface area contributed by atoms with Crippen molar-refractivity contribution in [3.8, 4) is 11.1 Å². The summed E-state index contributed by atoms with van der Waals surface area (Å²) in [5.74, 6) is -1.16. The fourth-order valence-corrected chi connectivity index (χ4v) is 5.17. The van der Waals surface area contributed by atoms with Crippen molar-refractivity contribution in [2.24, 2.45) is 0 Å². The Balaban J connectivity index is 1.43. The molecule has 2 aromatic carbocycles. The van der Waals surface area contributed by atoms with E-state index in [1.54, 1.807) is 0 Å². The van der Waals surface area contributed by atoms with Crippen molar-refractivity contribution in [1.29, 1.82) is 0 Å². The van der Waals surface area contributed by atoms with E-state index in [1.807, 2.05) is 48.5 Å². The zero-order valence-electron chi connectivity index (χ0n) is 15.3. The fourth-order valence-electron chi connectivity index (χ4n) is 3.65. The fraction of sp³-hybridized carbons (Fsp3) is 0.182. The monoisotopic (exact) mass is 471 g/mol. The van der Waals surface area contributed by atoms with E-state index in [0.717, 1.165) is 30.9 Å². The number of nitrogens with one attached hydrogen (secondary N) is 1. The average molecular weight is 472 g/mol. The molecule has 7 heteroatoms. The second-order valence-corrected chi connectivity index (χ2v) is 9.32. The van der Waals surface area contributed by atoms with Crippen LogP contribution in [0.3, 0.4) is 0 Å². The van der Waals surface area contributed by atoms with Crippen LogP contribution < -0.4 is 5.32 Å². The van der Waals surface area contributed by atoms with Crippen molar-refractivity contribution < 1.29 is 19.4 Å². The van der Waals surface area contributed by atoms with Gasteiger partial charge in [0.25, 0.3) is 0 Å². The van der Waals surface area contributed by atoms with E-state index in [0.29, 0.717) is 0 Å². The molecule has 0 bridgehead atoms. The SMILES string of the molecule is O=C(N[C@H](Cc1ccc(Br)s1)C(=O)O)OCC1c2ccccc2-c2ccccc21. The smallest absolute Gasteiger partial charge is 0.407 e. The van der Waals surface area contributed by atoms with Gasteiger partial charge in [0.1, 0.15) is 12.6 Å². The number of ether oxygens (including phenoxy) is 1. The first-order chi connectivity index (χ1) is 14.0. The number of halogens is 1. The maximum Gasteiger partial charge on any atom is 0.407 e. The second kappa shape index (κ2) is 8.39. The van der Waals surface area contributed by atoms with E-state index in [2.05, 4.69) is 33.4 Å². The molecular formula is C22H18BrNO4S. The largest absolute Gasteiger partial charge is 0.480 e. The predicted molar refractivity (Wildman–Crippen MR) is 115 cm³/mol. The molecule has 0 unspecified atom stereocenters. The molecule has 5 nitrogen and oxygen atoms in total. The van der Waals surface area contributed by atoms with Crippen LogP contribution in [0.5, 0.6) is 0 Å². The molecule has 4 rings (SSSR count). The van der Waals surface area contributed by atoms with Gasteiger partial charge in [-0.05, 0) is 50.3 Å². The minimum absolute atomic E-state index is 0.0651. The first kappa shape index (κ1) is 19.7. The van der Waals surface area contributed by atoms with E-state index >= 15 is 0 Å². The van der Waals surface area contributed by atoms with Crippen LogP contribution in [-0.2, 0) is 16.0 Å². The molecule has 0 fully saturated rings. The number of carbonyl (C=O) groups is 2. The highest BCUT2D eigenvalue weighted by molar-refractivity contribution is 9.11. The quantitative estimate of drug-likeness (QED) is 0.527. The zero-order valence-corrected chi connectivity index (χ0v) is 17.7. The molecule has 0 aliphatic heterocycles. The maximum absolute atomic E-state index is 12.3. The van der Waals surface area contributed by atoms with E-state index in [4.69, 9.17) is 4.74 Å². The van der Waals surface area contributed by atoms with E-state index in [9.17, 15) is 14.7 Å². The first-order valence-electron chi connectivity index (χ1n) is 9.11. The molecule has 1 amide bonds.